The van der Waals surface area contributed by atoms with Crippen LogP contribution < -0.4 is 14.8 Å². The van der Waals surface area contributed by atoms with Crippen LogP contribution in [0.2, 0.25) is 0 Å². The number of nitriles is 1. The van der Waals surface area contributed by atoms with Gasteiger partial charge < -0.3 is 19.2 Å². The molecule has 0 unspecified atom stereocenters. The largest absolute Gasteiger partial charge is 0.493 e. The molecule has 0 bridgehead atoms. The number of carbonyl (C=O) groups excluding carboxylic acids is 1. The fourth-order valence-corrected chi connectivity index (χ4v) is 2.67. The molecule has 1 N–H and O–H groups in total. The van der Waals surface area contributed by atoms with Gasteiger partial charge >= 0.3 is 0 Å². The summed E-state index contributed by atoms with van der Waals surface area (Å²) >= 11 is 3.42. The third-order valence-corrected chi connectivity index (χ3v) is 3.81. The Morgan fingerprint density at radius 2 is 2.28 bits per heavy atom. The van der Waals surface area contributed by atoms with Crippen LogP contribution >= 0.6 is 15.9 Å². The molecule has 130 valence electrons. The second kappa shape index (κ2) is 8.94. The van der Waals surface area contributed by atoms with E-state index in [0.29, 0.717) is 33.9 Å². The second-order valence-electron chi connectivity index (χ2n) is 4.90. The predicted molar refractivity (Wildman–Crippen MR) is 96.0 cm³/mol. The highest BCUT2D eigenvalue weighted by Crippen LogP contribution is 2.37. The maximum absolute atomic E-state index is 12.2. The average Bonchev–Trinajstić information content (AvgIpc) is 3.13. The van der Waals surface area contributed by atoms with Gasteiger partial charge in [0.05, 0.1) is 31.0 Å². The summed E-state index contributed by atoms with van der Waals surface area (Å²) < 4.78 is 16.7. The normalized spacial score (nSPS) is 10.9. The Hall–Kier alpha value is -2.72. The molecule has 1 heterocycles. The van der Waals surface area contributed by atoms with Crippen molar-refractivity contribution in [3.63, 3.8) is 0 Å². The Bertz CT molecular complexity index is 807. The van der Waals surface area contributed by atoms with Gasteiger partial charge in [0.2, 0.25) is 0 Å². The molecule has 0 aliphatic heterocycles. The van der Waals surface area contributed by atoms with Crippen molar-refractivity contribution < 1.29 is 18.7 Å². The number of ether oxygens (including phenoxy) is 2. The molecule has 2 rings (SSSR count). The van der Waals surface area contributed by atoms with E-state index in [9.17, 15) is 10.1 Å². The molecule has 7 heteroatoms. The van der Waals surface area contributed by atoms with Crippen molar-refractivity contribution in [3.8, 4) is 17.6 Å². The highest BCUT2D eigenvalue weighted by molar-refractivity contribution is 9.10. The van der Waals surface area contributed by atoms with Crippen molar-refractivity contribution in [3.05, 3.63) is 51.9 Å². The number of halogens is 1. The van der Waals surface area contributed by atoms with Gasteiger partial charge in [0.25, 0.3) is 5.91 Å². The van der Waals surface area contributed by atoms with E-state index < -0.39 is 5.91 Å². The Morgan fingerprint density at radius 1 is 1.48 bits per heavy atom. The zero-order valence-electron chi connectivity index (χ0n) is 13.8. The van der Waals surface area contributed by atoms with E-state index in [1.807, 2.05) is 13.0 Å². The number of hydrogen-bond donors (Lipinski definition) is 1. The van der Waals surface area contributed by atoms with Crippen molar-refractivity contribution in [2.24, 2.45) is 0 Å². The molecule has 2 aromatic rings. The molecule has 25 heavy (non-hydrogen) atoms. The molecule has 0 atom stereocenters. The minimum absolute atomic E-state index is 0.0235. The van der Waals surface area contributed by atoms with E-state index in [1.165, 1.54) is 19.4 Å². The third-order valence-electron chi connectivity index (χ3n) is 3.22. The number of amides is 1. The Kier molecular flexibility index (Phi) is 6.66. The van der Waals surface area contributed by atoms with Gasteiger partial charge in [-0.2, -0.15) is 5.26 Å². The predicted octanol–water partition coefficient (Wildman–Crippen LogP) is 3.67. The smallest absolute Gasteiger partial charge is 0.262 e. The van der Waals surface area contributed by atoms with E-state index in [1.54, 1.807) is 24.3 Å². The van der Waals surface area contributed by atoms with E-state index >= 15 is 0 Å². The summed E-state index contributed by atoms with van der Waals surface area (Å²) in [6, 6.07) is 8.83. The van der Waals surface area contributed by atoms with Crippen LogP contribution in [0.3, 0.4) is 0 Å². The molecule has 6 nitrogen and oxygen atoms in total. The van der Waals surface area contributed by atoms with E-state index in [2.05, 4.69) is 21.2 Å². The fourth-order valence-electron chi connectivity index (χ4n) is 2.10. The first-order valence-corrected chi connectivity index (χ1v) is 8.31. The summed E-state index contributed by atoms with van der Waals surface area (Å²) in [6.45, 7) is 2.57. The number of hydrogen-bond acceptors (Lipinski definition) is 5. The van der Waals surface area contributed by atoms with Crippen molar-refractivity contribution in [2.75, 3.05) is 13.7 Å². The van der Waals surface area contributed by atoms with Crippen LogP contribution in [0.15, 0.2) is 45.0 Å². The summed E-state index contributed by atoms with van der Waals surface area (Å²) in [6.07, 6.45) is 3.01. The van der Waals surface area contributed by atoms with Crippen LogP contribution in [0.1, 0.15) is 18.2 Å². The molecule has 0 saturated carbocycles. The summed E-state index contributed by atoms with van der Waals surface area (Å²) in [7, 11) is 1.53. The van der Waals surface area contributed by atoms with Crippen molar-refractivity contribution >= 4 is 27.9 Å². The molecule has 0 saturated heterocycles. The molecular weight excluding hydrogens is 388 g/mol. The molecule has 0 spiro atoms. The van der Waals surface area contributed by atoms with Gasteiger partial charge in [-0.1, -0.05) is 0 Å². The third kappa shape index (κ3) is 4.88. The summed E-state index contributed by atoms with van der Waals surface area (Å²) in [5.74, 6) is 1.21. The van der Waals surface area contributed by atoms with Gasteiger partial charge in [-0.25, -0.2) is 0 Å². The maximum atomic E-state index is 12.2. The molecule has 1 aromatic carbocycles. The van der Waals surface area contributed by atoms with Crippen LogP contribution in [0.25, 0.3) is 6.08 Å². The molecule has 0 radical (unpaired) electrons. The lowest BCUT2D eigenvalue weighted by Gasteiger charge is -2.12. The Labute approximate surface area is 154 Å². The Morgan fingerprint density at radius 3 is 2.88 bits per heavy atom. The number of nitrogens with zero attached hydrogens (tertiary/aromatic N) is 1. The summed E-state index contributed by atoms with van der Waals surface area (Å²) in [5, 5.41) is 11.9. The zero-order chi connectivity index (χ0) is 18.2. The van der Waals surface area contributed by atoms with Crippen LogP contribution in [-0.2, 0) is 11.3 Å². The number of methoxy groups -OCH3 is 1. The zero-order valence-corrected chi connectivity index (χ0v) is 15.4. The first-order chi connectivity index (χ1) is 12.1. The molecule has 1 aromatic heterocycles. The molecular formula is C18H17BrN2O4. The number of benzene rings is 1. The second-order valence-corrected chi connectivity index (χ2v) is 5.75. The number of carbonyl (C=O) groups is 1. The van der Waals surface area contributed by atoms with Crippen LogP contribution in [0.4, 0.5) is 0 Å². The van der Waals surface area contributed by atoms with Gasteiger partial charge in [-0.3, -0.25) is 4.79 Å². The van der Waals surface area contributed by atoms with Crippen molar-refractivity contribution in [1.82, 2.24) is 5.32 Å². The van der Waals surface area contributed by atoms with Crippen molar-refractivity contribution in [1.29, 1.82) is 5.26 Å². The molecule has 0 aliphatic carbocycles. The maximum Gasteiger partial charge on any atom is 0.262 e. The Balaban J connectivity index is 2.22. The van der Waals surface area contributed by atoms with E-state index in [4.69, 9.17) is 13.9 Å². The average molecular weight is 405 g/mol. The number of nitrogens with one attached hydrogen (secondary N) is 1. The SMILES string of the molecule is CCOc1c(Br)cc(/C=C(/C#N)C(=O)NCc2ccco2)cc1OC. The first-order valence-electron chi connectivity index (χ1n) is 7.51. The minimum atomic E-state index is -0.483. The van der Waals surface area contributed by atoms with E-state index in [-0.39, 0.29) is 12.1 Å². The lowest BCUT2D eigenvalue weighted by atomic mass is 10.1. The fraction of sp³-hybridized carbons (Fsp3) is 0.222. The van der Waals surface area contributed by atoms with Crippen LogP contribution in [0.5, 0.6) is 11.5 Å². The quantitative estimate of drug-likeness (QED) is 0.561. The van der Waals surface area contributed by atoms with Crippen LogP contribution in [-0.4, -0.2) is 19.6 Å². The van der Waals surface area contributed by atoms with Gasteiger partial charge in [0.1, 0.15) is 17.4 Å². The summed E-state index contributed by atoms with van der Waals surface area (Å²) in [5.41, 5.74) is 0.613. The molecule has 1 amide bonds. The lowest BCUT2D eigenvalue weighted by Crippen LogP contribution is -2.23. The molecule has 0 aliphatic rings. The van der Waals surface area contributed by atoms with Gasteiger partial charge in [-0.05, 0) is 58.8 Å². The van der Waals surface area contributed by atoms with Gasteiger partial charge in [0.15, 0.2) is 11.5 Å². The van der Waals surface area contributed by atoms with Crippen LogP contribution in [0, 0.1) is 11.3 Å². The topological polar surface area (TPSA) is 84.5 Å². The van der Waals surface area contributed by atoms with Crippen molar-refractivity contribution in [2.45, 2.75) is 13.5 Å². The summed E-state index contributed by atoms with van der Waals surface area (Å²) in [4.78, 5) is 12.2. The minimum Gasteiger partial charge on any atom is -0.493 e. The first kappa shape index (κ1) is 18.6. The molecule has 0 fully saturated rings. The lowest BCUT2D eigenvalue weighted by molar-refractivity contribution is -0.117. The van der Waals surface area contributed by atoms with E-state index in [0.717, 1.165) is 0 Å². The monoisotopic (exact) mass is 404 g/mol. The highest BCUT2D eigenvalue weighted by atomic mass is 79.9. The standard InChI is InChI=1S/C18H17BrN2O4/c1-3-24-17-15(19)8-12(9-16(17)23-2)7-13(10-20)18(22)21-11-14-5-4-6-25-14/h4-9H,3,11H2,1-2H3,(H,21,22)/b13-7-. The van der Waals surface area contributed by atoms with Gasteiger partial charge in [0, 0.05) is 0 Å². The number of furan rings is 1. The van der Waals surface area contributed by atoms with Gasteiger partial charge in [-0.15, -0.1) is 0 Å². The number of rotatable bonds is 7. The highest BCUT2D eigenvalue weighted by Gasteiger charge is 2.13.